The van der Waals surface area contributed by atoms with Crippen molar-refractivity contribution in [1.82, 2.24) is 9.88 Å². The number of carbonyl (C=O) groups is 1. The van der Waals surface area contributed by atoms with E-state index >= 15 is 0 Å². The fourth-order valence-corrected chi connectivity index (χ4v) is 3.49. The predicted octanol–water partition coefficient (Wildman–Crippen LogP) is 4.44. The molecule has 11 heteroatoms. The van der Waals surface area contributed by atoms with Gasteiger partial charge < -0.3 is 19.1 Å². The molecule has 0 bridgehead atoms. The van der Waals surface area contributed by atoms with Gasteiger partial charge in [-0.2, -0.15) is 0 Å². The van der Waals surface area contributed by atoms with Gasteiger partial charge in [-0.05, 0) is 18.2 Å². The first-order valence-corrected chi connectivity index (χ1v) is 10.7. The minimum Gasteiger partial charge on any atom is -0.493 e. The first-order valence-electron chi connectivity index (χ1n) is 9.39. The van der Waals surface area contributed by atoms with Crippen LogP contribution in [0.5, 0.6) is 17.2 Å². The lowest BCUT2D eigenvalue weighted by Gasteiger charge is -2.19. The Kier molecular flexibility index (Phi) is 7.85. The second kappa shape index (κ2) is 10.8. The molecule has 0 unspecified atom stereocenters. The summed E-state index contributed by atoms with van der Waals surface area (Å²) in [6.45, 7) is 0.500. The number of rotatable bonds is 10. The number of amides is 1. The van der Waals surface area contributed by atoms with Gasteiger partial charge in [0, 0.05) is 23.5 Å². The molecule has 1 aromatic heterocycles. The summed E-state index contributed by atoms with van der Waals surface area (Å²) in [4.78, 5) is 29.4. The van der Waals surface area contributed by atoms with Crippen LogP contribution in [-0.4, -0.2) is 48.0 Å². The number of carbonyl (C=O) groups excluding carboxylic acids is 1. The van der Waals surface area contributed by atoms with Crippen LogP contribution >= 0.6 is 22.9 Å². The lowest BCUT2D eigenvalue weighted by Crippen LogP contribution is -2.31. The summed E-state index contributed by atoms with van der Waals surface area (Å²) in [5.74, 6) is 0.372. The van der Waals surface area contributed by atoms with Crippen LogP contribution < -0.4 is 14.2 Å². The molecule has 3 aromatic rings. The van der Waals surface area contributed by atoms with Crippen LogP contribution in [0.4, 0.5) is 5.69 Å². The molecule has 0 spiro atoms. The van der Waals surface area contributed by atoms with E-state index in [1.807, 2.05) is 0 Å². The number of thiazole rings is 1. The van der Waals surface area contributed by atoms with Crippen molar-refractivity contribution in [3.05, 3.63) is 73.7 Å². The molecule has 2 aromatic carbocycles. The van der Waals surface area contributed by atoms with Crippen molar-refractivity contribution in [1.29, 1.82) is 0 Å². The summed E-state index contributed by atoms with van der Waals surface area (Å²) in [7, 11) is 2.93. The van der Waals surface area contributed by atoms with E-state index in [1.165, 1.54) is 42.5 Å². The van der Waals surface area contributed by atoms with Gasteiger partial charge in [0.1, 0.15) is 24.5 Å². The summed E-state index contributed by atoms with van der Waals surface area (Å²) >= 11 is 7.33. The van der Waals surface area contributed by atoms with Gasteiger partial charge in [0.2, 0.25) is 0 Å². The monoisotopic (exact) mass is 477 g/mol. The summed E-state index contributed by atoms with van der Waals surface area (Å²) in [6.07, 6.45) is 0. The van der Waals surface area contributed by atoms with Gasteiger partial charge in [0.15, 0.2) is 11.5 Å². The first-order chi connectivity index (χ1) is 15.4. The average molecular weight is 478 g/mol. The Morgan fingerprint density at radius 2 is 2.06 bits per heavy atom. The zero-order valence-corrected chi connectivity index (χ0v) is 18.9. The Bertz CT molecular complexity index is 1090. The number of nitro groups is 1. The molecule has 0 aliphatic carbocycles. The van der Waals surface area contributed by atoms with Gasteiger partial charge in [-0.15, -0.1) is 11.3 Å². The summed E-state index contributed by atoms with van der Waals surface area (Å²) in [6, 6.07) is 9.37. The van der Waals surface area contributed by atoms with Gasteiger partial charge in [-0.25, -0.2) is 4.98 Å². The normalized spacial score (nSPS) is 10.5. The number of halogens is 1. The molecule has 9 nitrogen and oxygen atoms in total. The SMILES string of the molecule is COc1cc(C(=O)N(C)CCOc2cccc(Cl)c2)c([N+](=O)[O-])cc1OCc1cscn1. The van der Waals surface area contributed by atoms with E-state index in [0.717, 1.165) is 0 Å². The van der Waals surface area contributed by atoms with Crippen molar-refractivity contribution in [2.45, 2.75) is 6.61 Å². The lowest BCUT2D eigenvalue weighted by molar-refractivity contribution is -0.385. The third-order valence-corrected chi connectivity index (χ3v) is 5.28. The largest absolute Gasteiger partial charge is 0.493 e. The number of hydrogen-bond acceptors (Lipinski definition) is 8. The molecule has 0 aliphatic heterocycles. The van der Waals surface area contributed by atoms with Crippen LogP contribution in [0.15, 0.2) is 47.3 Å². The summed E-state index contributed by atoms with van der Waals surface area (Å²) in [5.41, 5.74) is 1.84. The smallest absolute Gasteiger partial charge is 0.286 e. The molecule has 0 saturated heterocycles. The molecule has 3 rings (SSSR count). The molecular weight excluding hydrogens is 458 g/mol. The van der Waals surface area contributed by atoms with Gasteiger partial charge in [-0.3, -0.25) is 14.9 Å². The molecule has 0 N–H and O–H groups in total. The zero-order valence-electron chi connectivity index (χ0n) is 17.3. The highest BCUT2D eigenvalue weighted by Gasteiger charge is 2.27. The van der Waals surface area contributed by atoms with E-state index in [4.69, 9.17) is 25.8 Å². The molecule has 0 saturated carbocycles. The van der Waals surface area contributed by atoms with E-state index < -0.39 is 10.8 Å². The van der Waals surface area contributed by atoms with Crippen LogP contribution in [0.1, 0.15) is 16.1 Å². The summed E-state index contributed by atoms with van der Waals surface area (Å²) < 4.78 is 16.5. The number of nitro benzene ring substituents is 1. The van der Waals surface area contributed by atoms with E-state index in [2.05, 4.69) is 4.98 Å². The highest BCUT2D eigenvalue weighted by Crippen LogP contribution is 2.35. The highest BCUT2D eigenvalue weighted by atomic mass is 35.5. The standard InChI is InChI=1S/C21H20ClN3O6S/c1-24(6-7-30-16-5-3-4-14(22)8-16)21(26)17-9-19(29-2)20(10-18(17)25(27)28)31-11-15-12-32-13-23-15/h3-5,8-10,12-13H,6-7,11H2,1-2H3. The molecule has 1 heterocycles. The van der Waals surface area contributed by atoms with Crippen LogP contribution in [-0.2, 0) is 6.61 Å². The Hall–Kier alpha value is -3.37. The van der Waals surface area contributed by atoms with Crippen molar-refractivity contribution in [2.75, 3.05) is 27.3 Å². The van der Waals surface area contributed by atoms with Crippen LogP contribution in [0.25, 0.3) is 0 Å². The molecular formula is C21H20ClN3O6S. The Balaban J connectivity index is 1.73. The van der Waals surface area contributed by atoms with Gasteiger partial charge in [0.05, 0.1) is 35.8 Å². The molecule has 168 valence electrons. The predicted molar refractivity (Wildman–Crippen MR) is 120 cm³/mol. The number of aromatic nitrogens is 1. The van der Waals surface area contributed by atoms with Crippen LogP contribution in [0.3, 0.4) is 0 Å². The fraction of sp³-hybridized carbons (Fsp3) is 0.238. The number of benzene rings is 2. The quantitative estimate of drug-likeness (QED) is 0.314. The fourth-order valence-electron chi connectivity index (χ4n) is 2.77. The van der Waals surface area contributed by atoms with E-state index in [1.54, 1.807) is 35.2 Å². The number of methoxy groups -OCH3 is 1. The molecule has 0 radical (unpaired) electrons. The molecule has 0 fully saturated rings. The summed E-state index contributed by atoms with van der Waals surface area (Å²) in [5, 5.41) is 14.0. The van der Waals surface area contributed by atoms with Crippen molar-refractivity contribution >= 4 is 34.5 Å². The van der Waals surface area contributed by atoms with Gasteiger partial charge in [0.25, 0.3) is 11.6 Å². The number of nitrogens with zero attached hydrogens (tertiary/aromatic N) is 3. The van der Waals surface area contributed by atoms with Crippen molar-refractivity contribution in [3.8, 4) is 17.2 Å². The molecule has 32 heavy (non-hydrogen) atoms. The molecule has 0 aliphatic rings. The number of ether oxygens (including phenoxy) is 3. The maximum Gasteiger partial charge on any atom is 0.286 e. The maximum absolute atomic E-state index is 12.9. The Labute approximate surface area is 193 Å². The van der Waals surface area contributed by atoms with Crippen LogP contribution in [0, 0.1) is 10.1 Å². The van der Waals surface area contributed by atoms with Gasteiger partial charge in [-0.1, -0.05) is 17.7 Å². The molecule has 1 amide bonds. The van der Waals surface area contributed by atoms with E-state index in [0.29, 0.717) is 16.5 Å². The van der Waals surface area contributed by atoms with Crippen LogP contribution in [0.2, 0.25) is 5.02 Å². The highest BCUT2D eigenvalue weighted by molar-refractivity contribution is 7.07. The zero-order chi connectivity index (χ0) is 23.1. The second-order valence-corrected chi connectivity index (χ2v) is 7.73. The van der Waals surface area contributed by atoms with E-state index in [-0.39, 0.29) is 42.5 Å². The topological polar surface area (TPSA) is 104 Å². The maximum atomic E-state index is 12.9. The second-order valence-electron chi connectivity index (χ2n) is 6.58. The van der Waals surface area contributed by atoms with E-state index in [9.17, 15) is 14.9 Å². The minimum absolute atomic E-state index is 0.113. The average Bonchev–Trinajstić information content (AvgIpc) is 3.30. The third-order valence-electron chi connectivity index (χ3n) is 4.41. The minimum atomic E-state index is -0.626. The number of hydrogen-bond donors (Lipinski definition) is 0. The lowest BCUT2D eigenvalue weighted by atomic mass is 10.1. The Morgan fingerprint density at radius 3 is 2.72 bits per heavy atom. The van der Waals surface area contributed by atoms with Gasteiger partial charge >= 0.3 is 0 Å². The molecule has 0 atom stereocenters. The van der Waals surface area contributed by atoms with Crippen molar-refractivity contribution in [2.24, 2.45) is 0 Å². The first kappa shape index (κ1) is 23.3. The third kappa shape index (κ3) is 5.86. The van der Waals surface area contributed by atoms with Crippen molar-refractivity contribution in [3.63, 3.8) is 0 Å². The Morgan fingerprint density at radius 1 is 1.25 bits per heavy atom. The van der Waals surface area contributed by atoms with Crippen molar-refractivity contribution < 1.29 is 23.9 Å². The number of likely N-dealkylation sites (N-methyl/N-ethyl adjacent to an activating group) is 1.